The van der Waals surface area contributed by atoms with Gasteiger partial charge in [0, 0.05) is 5.56 Å². The summed E-state index contributed by atoms with van der Waals surface area (Å²) < 4.78 is 0. The number of benzene rings is 2. The molecule has 0 saturated carbocycles. The molecule has 0 N–H and O–H groups in total. The maximum Gasteiger partial charge on any atom is 0.202 e. The third-order valence-electron chi connectivity index (χ3n) is 3.04. The summed E-state index contributed by atoms with van der Waals surface area (Å²) in [5.41, 5.74) is 0.189. The number of hydrogen-bond donors (Lipinski definition) is 0. The maximum absolute atomic E-state index is 12.7. The summed E-state index contributed by atoms with van der Waals surface area (Å²) in [5, 5.41) is 0. The summed E-state index contributed by atoms with van der Waals surface area (Å²) in [5.74, 6) is -0.138. The number of carbonyl (C=O) groups is 1. The predicted molar refractivity (Wildman–Crippen MR) is 72.7 cm³/mol. The summed E-state index contributed by atoms with van der Waals surface area (Å²) in [7, 11) is 1.40. The topological polar surface area (TPSA) is 35.5 Å². The van der Waals surface area contributed by atoms with Gasteiger partial charge >= 0.3 is 0 Å². The average Bonchev–Trinajstić information content (AvgIpc) is 2.48. The minimum Gasteiger partial charge on any atom is -0.290 e. The van der Waals surface area contributed by atoms with E-state index >= 15 is 0 Å². The monoisotopic (exact) mass is 256 g/mol. The Bertz CT molecular complexity index is 536. The zero-order valence-electron chi connectivity index (χ0n) is 11.0. The number of Topliss-reactive ketones (excluding diaryl/α,β-unsaturated/α-hetero) is 1. The van der Waals surface area contributed by atoms with Crippen molar-refractivity contribution >= 4 is 5.78 Å². The zero-order chi connectivity index (χ0) is 13.7. The van der Waals surface area contributed by atoms with Crippen molar-refractivity contribution in [3.05, 3.63) is 71.8 Å². The van der Waals surface area contributed by atoms with Crippen molar-refractivity contribution in [3.8, 4) is 0 Å². The Balaban J connectivity index is 2.43. The van der Waals surface area contributed by atoms with Crippen LogP contribution < -0.4 is 0 Å². The lowest BCUT2D eigenvalue weighted by Crippen LogP contribution is -2.35. The van der Waals surface area contributed by atoms with Gasteiger partial charge in [-0.05, 0) is 12.5 Å². The van der Waals surface area contributed by atoms with Crippen LogP contribution in [0.1, 0.15) is 22.8 Å². The molecule has 3 heteroatoms. The smallest absolute Gasteiger partial charge is 0.202 e. The molecule has 0 heterocycles. The highest BCUT2D eigenvalue weighted by atomic mass is 17.2. The fraction of sp³-hybridized carbons (Fsp3) is 0.188. The van der Waals surface area contributed by atoms with Gasteiger partial charge in [-0.15, -0.1) is 0 Å². The van der Waals surface area contributed by atoms with Gasteiger partial charge in [0.2, 0.25) is 5.78 Å². The van der Waals surface area contributed by atoms with Crippen molar-refractivity contribution in [2.75, 3.05) is 7.11 Å². The Morgan fingerprint density at radius 1 is 0.947 bits per heavy atom. The fourth-order valence-corrected chi connectivity index (χ4v) is 2.00. The second-order valence-electron chi connectivity index (χ2n) is 4.34. The van der Waals surface area contributed by atoms with Gasteiger partial charge in [0.15, 0.2) is 5.60 Å². The Morgan fingerprint density at radius 2 is 1.47 bits per heavy atom. The van der Waals surface area contributed by atoms with E-state index in [4.69, 9.17) is 9.78 Å². The molecule has 2 aromatic rings. The van der Waals surface area contributed by atoms with Gasteiger partial charge in [0.25, 0.3) is 0 Å². The third-order valence-corrected chi connectivity index (χ3v) is 3.04. The summed E-state index contributed by atoms with van der Waals surface area (Å²) >= 11 is 0. The van der Waals surface area contributed by atoms with E-state index in [9.17, 15) is 4.79 Å². The Kier molecular flexibility index (Phi) is 4.10. The Labute approximate surface area is 112 Å². The van der Waals surface area contributed by atoms with Crippen molar-refractivity contribution in [2.45, 2.75) is 12.5 Å². The van der Waals surface area contributed by atoms with E-state index in [0.717, 1.165) is 5.56 Å². The van der Waals surface area contributed by atoms with E-state index in [1.54, 1.807) is 19.1 Å². The van der Waals surface area contributed by atoms with Crippen LogP contribution in [-0.4, -0.2) is 12.9 Å². The second-order valence-corrected chi connectivity index (χ2v) is 4.34. The van der Waals surface area contributed by atoms with Gasteiger partial charge in [0.05, 0.1) is 7.11 Å². The number of ketones is 1. The van der Waals surface area contributed by atoms with Crippen LogP contribution >= 0.6 is 0 Å². The number of rotatable bonds is 5. The molecule has 19 heavy (non-hydrogen) atoms. The quantitative estimate of drug-likeness (QED) is 0.467. The van der Waals surface area contributed by atoms with Crippen LogP contribution in [0.5, 0.6) is 0 Å². The summed E-state index contributed by atoms with van der Waals surface area (Å²) in [6.45, 7) is 1.71. The molecule has 0 spiro atoms. The van der Waals surface area contributed by atoms with Gasteiger partial charge in [0.1, 0.15) is 0 Å². The molecule has 0 bridgehead atoms. The van der Waals surface area contributed by atoms with Crippen molar-refractivity contribution in [1.29, 1.82) is 0 Å². The molecular formula is C16H16O3. The van der Waals surface area contributed by atoms with Crippen LogP contribution in [0.25, 0.3) is 0 Å². The molecular weight excluding hydrogens is 240 g/mol. The van der Waals surface area contributed by atoms with E-state index in [1.165, 1.54) is 7.11 Å². The standard InChI is InChI=1S/C16H16O3/c1-16(19-18-2,14-11-7-4-8-12-14)15(17)13-9-5-3-6-10-13/h3-12H,1-2H3/t16-/m1/s1. The van der Waals surface area contributed by atoms with Crippen molar-refractivity contribution in [3.63, 3.8) is 0 Å². The molecule has 0 aliphatic carbocycles. The highest BCUT2D eigenvalue weighted by Crippen LogP contribution is 2.29. The molecule has 0 unspecified atom stereocenters. The molecule has 0 aliphatic rings. The van der Waals surface area contributed by atoms with Crippen LogP contribution in [0.2, 0.25) is 0 Å². The molecule has 3 nitrogen and oxygen atoms in total. The highest BCUT2D eigenvalue weighted by molar-refractivity contribution is 6.02. The SMILES string of the molecule is COO[C@@](C)(C(=O)c1ccccc1)c1ccccc1. The molecule has 2 rings (SSSR count). The average molecular weight is 256 g/mol. The molecule has 2 aromatic carbocycles. The number of carbonyl (C=O) groups excluding carboxylic acids is 1. The van der Waals surface area contributed by atoms with Gasteiger partial charge in [-0.1, -0.05) is 60.7 Å². The van der Waals surface area contributed by atoms with Crippen molar-refractivity contribution in [2.24, 2.45) is 0 Å². The maximum atomic E-state index is 12.7. The lowest BCUT2D eigenvalue weighted by molar-refractivity contribution is -0.328. The first-order chi connectivity index (χ1) is 9.18. The minimum atomic E-state index is -1.16. The Hall–Kier alpha value is -1.97. The lowest BCUT2D eigenvalue weighted by Gasteiger charge is -2.26. The van der Waals surface area contributed by atoms with Crippen LogP contribution in [0.15, 0.2) is 60.7 Å². The van der Waals surface area contributed by atoms with Crippen molar-refractivity contribution < 1.29 is 14.6 Å². The highest BCUT2D eigenvalue weighted by Gasteiger charge is 2.38. The van der Waals surface area contributed by atoms with Gasteiger partial charge < -0.3 is 0 Å². The number of hydrogen-bond acceptors (Lipinski definition) is 3. The second kappa shape index (κ2) is 5.78. The zero-order valence-corrected chi connectivity index (χ0v) is 11.0. The molecule has 0 saturated heterocycles. The largest absolute Gasteiger partial charge is 0.290 e. The first kappa shape index (κ1) is 13.5. The first-order valence-corrected chi connectivity index (χ1v) is 6.05. The third kappa shape index (κ3) is 2.72. The lowest BCUT2D eigenvalue weighted by atomic mass is 9.88. The fourth-order valence-electron chi connectivity index (χ4n) is 2.00. The molecule has 0 aliphatic heterocycles. The molecule has 0 amide bonds. The normalized spacial score (nSPS) is 13.8. The van der Waals surface area contributed by atoms with E-state index in [-0.39, 0.29) is 5.78 Å². The summed E-state index contributed by atoms with van der Waals surface area (Å²) in [6, 6.07) is 18.4. The summed E-state index contributed by atoms with van der Waals surface area (Å²) in [4.78, 5) is 22.7. The van der Waals surface area contributed by atoms with E-state index < -0.39 is 5.60 Å². The molecule has 0 fully saturated rings. The van der Waals surface area contributed by atoms with Crippen LogP contribution in [0, 0.1) is 0 Å². The summed E-state index contributed by atoms with van der Waals surface area (Å²) in [6.07, 6.45) is 0. The van der Waals surface area contributed by atoms with Crippen LogP contribution in [-0.2, 0) is 15.4 Å². The molecule has 98 valence electrons. The van der Waals surface area contributed by atoms with Gasteiger partial charge in [-0.3, -0.25) is 4.79 Å². The molecule has 0 aromatic heterocycles. The minimum absolute atomic E-state index is 0.138. The van der Waals surface area contributed by atoms with E-state index in [0.29, 0.717) is 5.56 Å². The first-order valence-electron chi connectivity index (χ1n) is 6.05. The predicted octanol–water partition coefficient (Wildman–Crippen LogP) is 3.36. The van der Waals surface area contributed by atoms with Crippen LogP contribution in [0.3, 0.4) is 0 Å². The van der Waals surface area contributed by atoms with E-state index in [1.807, 2.05) is 48.5 Å². The van der Waals surface area contributed by atoms with E-state index in [2.05, 4.69) is 0 Å². The van der Waals surface area contributed by atoms with Gasteiger partial charge in [-0.25, -0.2) is 9.78 Å². The van der Waals surface area contributed by atoms with Gasteiger partial charge in [-0.2, -0.15) is 0 Å². The van der Waals surface area contributed by atoms with Crippen molar-refractivity contribution in [1.82, 2.24) is 0 Å². The Morgan fingerprint density at radius 3 is 2.00 bits per heavy atom. The molecule has 1 atom stereocenters. The molecule has 0 radical (unpaired) electrons. The van der Waals surface area contributed by atoms with Crippen LogP contribution in [0.4, 0.5) is 0 Å².